The molecule has 4 nitrogen and oxygen atoms in total. The first-order valence-corrected chi connectivity index (χ1v) is 7.31. The van der Waals surface area contributed by atoms with E-state index in [-0.39, 0.29) is 11.7 Å². The number of amides is 1. The van der Waals surface area contributed by atoms with E-state index in [1.807, 2.05) is 19.2 Å². The number of hydrogen-bond donors (Lipinski definition) is 0. The molecular formula is C15H17BrN2O2. The SMILES string of the molecule is CN1CCN(C(=O)/C=C/C(=O)c2ccc(Br)cc2)CC1. The molecule has 1 saturated heterocycles. The molecule has 0 atom stereocenters. The summed E-state index contributed by atoms with van der Waals surface area (Å²) in [5, 5.41) is 0. The number of rotatable bonds is 3. The first-order valence-electron chi connectivity index (χ1n) is 6.52. The molecule has 0 saturated carbocycles. The van der Waals surface area contributed by atoms with E-state index in [0.717, 1.165) is 17.6 Å². The van der Waals surface area contributed by atoms with Crippen LogP contribution in [0.3, 0.4) is 0 Å². The Morgan fingerprint density at radius 1 is 1.05 bits per heavy atom. The number of carbonyl (C=O) groups excluding carboxylic acids is 2. The molecule has 106 valence electrons. The fourth-order valence-corrected chi connectivity index (χ4v) is 2.25. The quantitative estimate of drug-likeness (QED) is 0.625. The van der Waals surface area contributed by atoms with Crippen LogP contribution >= 0.6 is 15.9 Å². The molecule has 1 amide bonds. The zero-order valence-electron chi connectivity index (χ0n) is 11.4. The zero-order chi connectivity index (χ0) is 14.5. The largest absolute Gasteiger partial charge is 0.337 e. The molecule has 2 rings (SSSR count). The van der Waals surface area contributed by atoms with E-state index < -0.39 is 0 Å². The van der Waals surface area contributed by atoms with Crippen LogP contribution in [-0.4, -0.2) is 54.7 Å². The van der Waals surface area contributed by atoms with Crippen LogP contribution in [0.2, 0.25) is 0 Å². The van der Waals surface area contributed by atoms with Gasteiger partial charge in [-0.05, 0) is 37.4 Å². The molecule has 0 N–H and O–H groups in total. The molecule has 1 heterocycles. The van der Waals surface area contributed by atoms with Crippen molar-refractivity contribution in [3.8, 4) is 0 Å². The lowest BCUT2D eigenvalue weighted by Crippen LogP contribution is -2.46. The Balaban J connectivity index is 1.93. The van der Waals surface area contributed by atoms with Crippen molar-refractivity contribution in [1.29, 1.82) is 0 Å². The Hall–Kier alpha value is -1.46. The third-order valence-corrected chi connectivity index (χ3v) is 3.85. The van der Waals surface area contributed by atoms with Gasteiger partial charge >= 0.3 is 0 Å². The van der Waals surface area contributed by atoms with E-state index in [2.05, 4.69) is 20.8 Å². The zero-order valence-corrected chi connectivity index (χ0v) is 13.0. The van der Waals surface area contributed by atoms with Crippen LogP contribution in [0.4, 0.5) is 0 Å². The molecule has 0 unspecified atom stereocenters. The van der Waals surface area contributed by atoms with Crippen LogP contribution in [0.1, 0.15) is 10.4 Å². The van der Waals surface area contributed by atoms with E-state index in [9.17, 15) is 9.59 Å². The van der Waals surface area contributed by atoms with Crippen LogP contribution in [0.15, 0.2) is 40.9 Å². The molecule has 0 radical (unpaired) electrons. The molecule has 0 spiro atoms. The summed E-state index contributed by atoms with van der Waals surface area (Å²) in [6, 6.07) is 7.08. The molecule has 0 bridgehead atoms. The normalized spacial score (nSPS) is 16.6. The van der Waals surface area contributed by atoms with Crippen LogP contribution in [-0.2, 0) is 4.79 Å². The number of likely N-dealkylation sites (N-methyl/N-ethyl adjacent to an activating group) is 1. The summed E-state index contributed by atoms with van der Waals surface area (Å²) in [4.78, 5) is 27.8. The predicted octanol–water partition coefficient (Wildman–Crippen LogP) is 1.96. The van der Waals surface area contributed by atoms with Gasteiger partial charge in [0.1, 0.15) is 0 Å². The minimum atomic E-state index is -0.153. The van der Waals surface area contributed by atoms with Gasteiger partial charge in [-0.25, -0.2) is 0 Å². The molecule has 20 heavy (non-hydrogen) atoms. The molecule has 0 aliphatic carbocycles. The van der Waals surface area contributed by atoms with Crippen molar-refractivity contribution in [2.24, 2.45) is 0 Å². The van der Waals surface area contributed by atoms with E-state index in [1.165, 1.54) is 12.2 Å². The van der Waals surface area contributed by atoms with Gasteiger partial charge in [0.25, 0.3) is 0 Å². The molecule has 1 aromatic carbocycles. The first kappa shape index (κ1) is 14.9. The molecule has 1 fully saturated rings. The molecule has 1 aliphatic heterocycles. The number of hydrogen-bond acceptors (Lipinski definition) is 3. The predicted molar refractivity (Wildman–Crippen MR) is 81.7 cm³/mol. The number of carbonyl (C=O) groups is 2. The summed E-state index contributed by atoms with van der Waals surface area (Å²) in [7, 11) is 2.04. The highest BCUT2D eigenvalue weighted by Crippen LogP contribution is 2.11. The lowest BCUT2D eigenvalue weighted by atomic mass is 10.1. The summed E-state index contributed by atoms with van der Waals surface area (Å²) >= 11 is 3.32. The van der Waals surface area contributed by atoms with Crippen molar-refractivity contribution in [2.45, 2.75) is 0 Å². The van der Waals surface area contributed by atoms with E-state index in [0.29, 0.717) is 18.7 Å². The van der Waals surface area contributed by atoms with Crippen molar-refractivity contribution in [2.75, 3.05) is 33.2 Å². The van der Waals surface area contributed by atoms with Gasteiger partial charge in [0.2, 0.25) is 5.91 Å². The maximum Gasteiger partial charge on any atom is 0.246 e. The van der Waals surface area contributed by atoms with Gasteiger partial charge in [-0.1, -0.05) is 15.9 Å². The van der Waals surface area contributed by atoms with E-state index in [4.69, 9.17) is 0 Å². The fraction of sp³-hybridized carbons (Fsp3) is 0.333. The molecule has 5 heteroatoms. The average Bonchev–Trinajstić information content (AvgIpc) is 2.46. The maximum absolute atomic E-state index is 12.0. The third kappa shape index (κ3) is 4.02. The Kier molecular flexibility index (Phi) is 5.09. The lowest BCUT2D eigenvalue weighted by molar-refractivity contribution is -0.127. The number of nitrogens with zero attached hydrogens (tertiary/aromatic N) is 2. The maximum atomic E-state index is 12.0. The van der Waals surface area contributed by atoms with Gasteiger partial charge in [-0.15, -0.1) is 0 Å². The van der Waals surface area contributed by atoms with Crippen LogP contribution in [0.25, 0.3) is 0 Å². The van der Waals surface area contributed by atoms with Crippen molar-refractivity contribution in [3.63, 3.8) is 0 Å². The summed E-state index contributed by atoms with van der Waals surface area (Å²) in [5.41, 5.74) is 0.579. The number of piperazine rings is 1. The highest BCUT2D eigenvalue weighted by Gasteiger charge is 2.17. The van der Waals surface area contributed by atoms with Crippen LogP contribution < -0.4 is 0 Å². The summed E-state index contributed by atoms with van der Waals surface area (Å²) in [5.74, 6) is -0.247. The number of allylic oxidation sites excluding steroid dienone is 1. The second-order valence-corrected chi connectivity index (χ2v) is 5.75. The molecular weight excluding hydrogens is 320 g/mol. The second kappa shape index (κ2) is 6.81. The topological polar surface area (TPSA) is 40.6 Å². The minimum absolute atomic E-state index is 0.0939. The fourth-order valence-electron chi connectivity index (χ4n) is 1.99. The summed E-state index contributed by atoms with van der Waals surface area (Å²) < 4.78 is 0.923. The van der Waals surface area contributed by atoms with Crippen molar-refractivity contribution in [3.05, 3.63) is 46.5 Å². The smallest absolute Gasteiger partial charge is 0.246 e. The molecule has 0 aromatic heterocycles. The Bertz CT molecular complexity index is 517. The van der Waals surface area contributed by atoms with Gasteiger partial charge in [0, 0.05) is 42.3 Å². The Labute approximate surface area is 127 Å². The van der Waals surface area contributed by atoms with E-state index in [1.54, 1.807) is 17.0 Å². The van der Waals surface area contributed by atoms with Gasteiger partial charge in [0.05, 0.1) is 0 Å². The molecule has 1 aromatic rings. The number of ketones is 1. The van der Waals surface area contributed by atoms with Crippen LogP contribution in [0, 0.1) is 0 Å². The van der Waals surface area contributed by atoms with Gasteiger partial charge in [-0.2, -0.15) is 0 Å². The van der Waals surface area contributed by atoms with E-state index >= 15 is 0 Å². The first-order chi connectivity index (χ1) is 9.56. The van der Waals surface area contributed by atoms with Crippen molar-refractivity contribution < 1.29 is 9.59 Å². The highest BCUT2D eigenvalue weighted by molar-refractivity contribution is 9.10. The summed E-state index contributed by atoms with van der Waals surface area (Å²) in [6.45, 7) is 3.18. The van der Waals surface area contributed by atoms with Crippen LogP contribution in [0.5, 0.6) is 0 Å². The highest BCUT2D eigenvalue weighted by atomic mass is 79.9. The standard InChI is InChI=1S/C15H17BrN2O2/c1-17-8-10-18(11-9-17)15(20)7-6-14(19)12-2-4-13(16)5-3-12/h2-7H,8-11H2,1H3/b7-6+. The number of halogens is 1. The van der Waals surface area contributed by atoms with Gasteiger partial charge in [-0.3, -0.25) is 9.59 Å². The minimum Gasteiger partial charge on any atom is -0.337 e. The summed E-state index contributed by atoms with van der Waals surface area (Å²) in [6.07, 6.45) is 2.72. The third-order valence-electron chi connectivity index (χ3n) is 3.32. The monoisotopic (exact) mass is 336 g/mol. The average molecular weight is 337 g/mol. The second-order valence-electron chi connectivity index (χ2n) is 4.83. The lowest BCUT2D eigenvalue weighted by Gasteiger charge is -2.31. The van der Waals surface area contributed by atoms with Crippen molar-refractivity contribution >= 4 is 27.6 Å². The molecule has 1 aliphatic rings. The van der Waals surface area contributed by atoms with Gasteiger partial charge < -0.3 is 9.80 Å². The van der Waals surface area contributed by atoms with Crippen molar-refractivity contribution in [1.82, 2.24) is 9.80 Å². The Morgan fingerprint density at radius 3 is 2.25 bits per heavy atom. The Morgan fingerprint density at radius 2 is 1.65 bits per heavy atom. The van der Waals surface area contributed by atoms with Gasteiger partial charge in [0.15, 0.2) is 5.78 Å². The number of benzene rings is 1.